The topological polar surface area (TPSA) is 21.3 Å². The van der Waals surface area contributed by atoms with E-state index in [1.807, 2.05) is 0 Å². The van der Waals surface area contributed by atoms with Gasteiger partial charge in [0.25, 0.3) is 0 Å². The summed E-state index contributed by atoms with van der Waals surface area (Å²) in [4.78, 5) is 0. The molecule has 20 heavy (non-hydrogen) atoms. The molecule has 0 spiro atoms. The Kier molecular flexibility index (Phi) is 7.25. The van der Waals surface area contributed by atoms with Gasteiger partial charge in [0.1, 0.15) is 0 Å². The molecule has 0 heterocycles. The average Bonchev–Trinajstić information content (AvgIpc) is 2.51. The average molecular weight is 277 g/mol. The van der Waals surface area contributed by atoms with E-state index >= 15 is 0 Å². The molecule has 0 aliphatic carbocycles. The molecule has 0 bridgehead atoms. The number of nitrogens with one attached hydrogen (secondary N) is 1. The van der Waals surface area contributed by atoms with Gasteiger partial charge in [0.05, 0.1) is 11.6 Å². The van der Waals surface area contributed by atoms with E-state index in [0.717, 1.165) is 32.4 Å². The zero-order valence-electron chi connectivity index (χ0n) is 13.8. The van der Waals surface area contributed by atoms with Crippen LogP contribution in [0.4, 0.5) is 0 Å². The van der Waals surface area contributed by atoms with Crippen molar-refractivity contribution in [2.45, 2.75) is 65.5 Å². The molecule has 0 saturated carbocycles. The summed E-state index contributed by atoms with van der Waals surface area (Å²) in [6.07, 6.45) is 3.11. The molecule has 1 rings (SSSR count). The third-order valence-corrected chi connectivity index (χ3v) is 4.26. The number of benzene rings is 1. The monoisotopic (exact) mass is 277 g/mol. The van der Waals surface area contributed by atoms with Crippen LogP contribution in [0.15, 0.2) is 24.3 Å². The highest BCUT2D eigenvalue weighted by Crippen LogP contribution is 2.35. The van der Waals surface area contributed by atoms with E-state index in [0.29, 0.717) is 0 Å². The van der Waals surface area contributed by atoms with Gasteiger partial charge >= 0.3 is 0 Å². The Morgan fingerprint density at radius 3 is 2.30 bits per heavy atom. The zero-order chi connectivity index (χ0) is 15.0. The summed E-state index contributed by atoms with van der Waals surface area (Å²) in [5.74, 6) is 0. The van der Waals surface area contributed by atoms with E-state index in [1.165, 1.54) is 11.1 Å². The third-order valence-electron chi connectivity index (χ3n) is 4.26. The molecule has 1 atom stereocenters. The molecule has 0 amide bonds. The van der Waals surface area contributed by atoms with Gasteiger partial charge in [0, 0.05) is 6.61 Å². The number of rotatable bonds is 9. The fourth-order valence-corrected chi connectivity index (χ4v) is 3.04. The van der Waals surface area contributed by atoms with Crippen LogP contribution in [-0.4, -0.2) is 18.8 Å². The van der Waals surface area contributed by atoms with Gasteiger partial charge in [0.15, 0.2) is 0 Å². The second-order valence-electron chi connectivity index (χ2n) is 5.29. The molecule has 0 aliphatic heterocycles. The standard InChI is InChI=1S/C18H31NO/c1-6-15-12-11-13-16(14-15)17(19-9-4)18(7-2,8-3)20-10-5/h11-14,17,19H,6-10H2,1-5H3. The number of hydrogen-bond acceptors (Lipinski definition) is 2. The molecule has 1 N–H and O–H groups in total. The van der Waals surface area contributed by atoms with Gasteiger partial charge in [-0.15, -0.1) is 0 Å². The summed E-state index contributed by atoms with van der Waals surface area (Å²) in [5, 5.41) is 3.65. The predicted octanol–water partition coefficient (Wildman–Crippen LogP) is 4.49. The molecule has 114 valence electrons. The van der Waals surface area contributed by atoms with E-state index in [4.69, 9.17) is 4.74 Å². The predicted molar refractivity (Wildman–Crippen MR) is 87.2 cm³/mol. The summed E-state index contributed by atoms with van der Waals surface area (Å²) in [5.41, 5.74) is 2.63. The van der Waals surface area contributed by atoms with Crippen LogP contribution in [0.3, 0.4) is 0 Å². The molecule has 0 radical (unpaired) electrons. The van der Waals surface area contributed by atoms with Crippen LogP contribution in [0, 0.1) is 0 Å². The van der Waals surface area contributed by atoms with Crippen molar-refractivity contribution in [3.63, 3.8) is 0 Å². The lowest BCUT2D eigenvalue weighted by molar-refractivity contribution is -0.0730. The first-order chi connectivity index (χ1) is 9.67. The SMILES string of the molecule is CCNC(c1cccc(CC)c1)C(CC)(CC)OCC. The van der Waals surface area contributed by atoms with Crippen LogP contribution in [0.5, 0.6) is 0 Å². The normalized spacial score (nSPS) is 13.4. The van der Waals surface area contributed by atoms with Crippen molar-refractivity contribution in [2.75, 3.05) is 13.2 Å². The molecule has 1 unspecified atom stereocenters. The van der Waals surface area contributed by atoms with Gasteiger partial charge < -0.3 is 10.1 Å². The van der Waals surface area contributed by atoms with Crippen molar-refractivity contribution in [1.82, 2.24) is 5.32 Å². The Hall–Kier alpha value is -0.860. The van der Waals surface area contributed by atoms with E-state index in [1.54, 1.807) is 0 Å². The van der Waals surface area contributed by atoms with E-state index in [-0.39, 0.29) is 11.6 Å². The summed E-state index contributed by atoms with van der Waals surface area (Å²) >= 11 is 0. The highest BCUT2D eigenvalue weighted by atomic mass is 16.5. The van der Waals surface area contributed by atoms with Crippen LogP contribution in [0.1, 0.15) is 64.6 Å². The van der Waals surface area contributed by atoms with Gasteiger partial charge in [-0.3, -0.25) is 0 Å². The fraction of sp³-hybridized carbons (Fsp3) is 0.667. The Bertz CT molecular complexity index is 385. The van der Waals surface area contributed by atoms with Gasteiger partial charge in [-0.25, -0.2) is 0 Å². The molecular weight excluding hydrogens is 246 g/mol. The molecule has 2 heteroatoms. The lowest BCUT2D eigenvalue weighted by atomic mass is 9.83. The van der Waals surface area contributed by atoms with Crippen LogP contribution >= 0.6 is 0 Å². The lowest BCUT2D eigenvalue weighted by Crippen LogP contribution is -2.45. The first-order valence-corrected chi connectivity index (χ1v) is 8.13. The molecule has 2 nitrogen and oxygen atoms in total. The van der Waals surface area contributed by atoms with Gasteiger partial charge in [-0.2, -0.15) is 0 Å². The third kappa shape index (κ3) is 3.83. The van der Waals surface area contributed by atoms with Crippen molar-refractivity contribution in [2.24, 2.45) is 0 Å². The first kappa shape index (κ1) is 17.2. The van der Waals surface area contributed by atoms with Crippen molar-refractivity contribution >= 4 is 0 Å². The molecule has 0 aliphatic rings. The number of aryl methyl sites for hydroxylation is 1. The maximum absolute atomic E-state index is 6.21. The zero-order valence-corrected chi connectivity index (χ0v) is 13.8. The van der Waals surface area contributed by atoms with Crippen LogP contribution in [0.2, 0.25) is 0 Å². The van der Waals surface area contributed by atoms with Crippen LogP contribution < -0.4 is 5.32 Å². The number of likely N-dealkylation sites (N-methyl/N-ethyl adjacent to an activating group) is 1. The molecule has 1 aromatic carbocycles. The highest BCUT2D eigenvalue weighted by Gasteiger charge is 2.37. The Balaban J connectivity index is 3.18. The first-order valence-electron chi connectivity index (χ1n) is 8.13. The van der Waals surface area contributed by atoms with Crippen LogP contribution in [-0.2, 0) is 11.2 Å². The maximum atomic E-state index is 6.21. The summed E-state index contributed by atoms with van der Waals surface area (Å²) < 4.78 is 6.21. The van der Waals surface area contributed by atoms with Crippen molar-refractivity contribution in [3.05, 3.63) is 35.4 Å². The maximum Gasteiger partial charge on any atom is 0.0870 e. The second-order valence-corrected chi connectivity index (χ2v) is 5.29. The summed E-state index contributed by atoms with van der Waals surface area (Å²) in [6, 6.07) is 9.18. The molecule has 0 saturated heterocycles. The Morgan fingerprint density at radius 2 is 1.80 bits per heavy atom. The van der Waals surface area contributed by atoms with Gasteiger partial charge in [-0.05, 0) is 43.9 Å². The second kappa shape index (κ2) is 8.43. The van der Waals surface area contributed by atoms with Crippen molar-refractivity contribution in [3.8, 4) is 0 Å². The Morgan fingerprint density at radius 1 is 1.10 bits per heavy atom. The van der Waals surface area contributed by atoms with Gasteiger partial charge in [-0.1, -0.05) is 52.0 Å². The minimum absolute atomic E-state index is 0.114. The Labute approximate surface area is 124 Å². The van der Waals surface area contributed by atoms with Crippen LogP contribution in [0.25, 0.3) is 0 Å². The molecule has 0 fully saturated rings. The molecule has 1 aromatic rings. The quantitative estimate of drug-likeness (QED) is 0.718. The highest BCUT2D eigenvalue weighted by molar-refractivity contribution is 5.28. The van der Waals surface area contributed by atoms with E-state index in [9.17, 15) is 0 Å². The minimum Gasteiger partial charge on any atom is -0.373 e. The van der Waals surface area contributed by atoms with Crippen molar-refractivity contribution < 1.29 is 4.74 Å². The van der Waals surface area contributed by atoms with E-state index in [2.05, 4.69) is 64.2 Å². The van der Waals surface area contributed by atoms with Gasteiger partial charge in [0.2, 0.25) is 0 Å². The minimum atomic E-state index is -0.114. The number of hydrogen-bond donors (Lipinski definition) is 1. The fourth-order valence-electron chi connectivity index (χ4n) is 3.04. The molecular formula is C18H31NO. The van der Waals surface area contributed by atoms with Crippen molar-refractivity contribution in [1.29, 1.82) is 0 Å². The summed E-state index contributed by atoms with van der Waals surface area (Å²) in [6.45, 7) is 12.6. The lowest BCUT2D eigenvalue weighted by Gasteiger charge is -2.40. The number of ether oxygens (including phenoxy) is 1. The molecule has 0 aromatic heterocycles. The summed E-state index contributed by atoms with van der Waals surface area (Å²) in [7, 11) is 0. The smallest absolute Gasteiger partial charge is 0.0870 e. The largest absolute Gasteiger partial charge is 0.373 e. The van der Waals surface area contributed by atoms with E-state index < -0.39 is 0 Å².